The minimum absolute atomic E-state index is 0.0752. The number of hydrogen-bond acceptors (Lipinski definition) is 3. The van der Waals surface area contributed by atoms with Gasteiger partial charge in [0.2, 0.25) is 0 Å². The molecule has 0 radical (unpaired) electrons. The van der Waals surface area contributed by atoms with E-state index in [0.29, 0.717) is 13.2 Å². The van der Waals surface area contributed by atoms with Crippen molar-refractivity contribution in [3.05, 3.63) is 47.5 Å². The molecule has 104 valence electrons. The predicted molar refractivity (Wildman–Crippen MR) is 80.3 cm³/mol. The SMILES string of the molecule is Cc1ccc(C)c(-c2cccc3c2O[C@@H](CN)CO3)c1. The summed E-state index contributed by atoms with van der Waals surface area (Å²) < 4.78 is 11.8. The Morgan fingerprint density at radius 1 is 1.15 bits per heavy atom. The van der Waals surface area contributed by atoms with Crippen LogP contribution in [0.1, 0.15) is 11.1 Å². The molecule has 3 nitrogen and oxygen atoms in total. The molecule has 0 unspecified atom stereocenters. The third kappa shape index (κ3) is 2.25. The Morgan fingerprint density at radius 2 is 2.00 bits per heavy atom. The monoisotopic (exact) mass is 269 g/mol. The van der Waals surface area contributed by atoms with E-state index in [-0.39, 0.29) is 6.10 Å². The van der Waals surface area contributed by atoms with E-state index in [4.69, 9.17) is 15.2 Å². The van der Waals surface area contributed by atoms with Gasteiger partial charge in [-0.2, -0.15) is 0 Å². The number of benzene rings is 2. The van der Waals surface area contributed by atoms with Gasteiger partial charge in [-0.25, -0.2) is 0 Å². The highest BCUT2D eigenvalue weighted by Gasteiger charge is 2.23. The normalized spacial score (nSPS) is 17.1. The molecular formula is C17H19NO2. The summed E-state index contributed by atoms with van der Waals surface area (Å²) >= 11 is 0. The third-order valence-corrected chi connectivity index (χ3v) is 3.63. The summed E-state index contributed by atoms with van der Waals surface area (Å²) in [4.78, 5) is 0. The Kier molecular flexibility index (Phi) is 3.36. The highest BCUT2D eigenvalue weighted by Crippen LogP contribution is 2.42. The van der Waals surface area contributed by atoms with E-state index in [1.807, 2.05) is 12.1 Å². The van der Waals surface area contributed by atoms with E-state index in [2.05, 4.69) is 38.1 Å². The Hall–Kier alpha value is -2.00. The van der Waals surface area contributed by atoms with Gasteiger partial charge in [-0.1, -0.05) is 35.9 Å². The summed E-state index contributed by atoms with van der Waals surface area (Å²) in [6, 6.07) is 12.4. The van der Waals surface area contributed by atoms with Crippen LogP contribution in [0.25, 0.3) is 11.1 Å². The highest BCUT2D eigenvalue weighted by molar-refractivity contribution is 5.76. The molecule has 0 amide bonds. The lowest BCUT2D eigenvalue weighted by Gasteiger charge is -2.27. The van der Waals surface area contributed by atoms with E-state index in [1.165, 1.54) is 16.7 Å². The van der Waals surface area contributed by atoms with Crippen molar-refractivity contribution >= 4 is 0 Å². The van der Waals surface area contributed by atoms with Crippen LogP contribution in [-0.2, 0) is 0 Å². The van der Waals surface area contributed by atoms with E-state index in [1.54, 1.807) is 0 Å². The molecule has 3 heteroatoms. The van der Waals surface area contributed by atoms with Gasteiger partial charge < -0.3 is 15.2 Å². The Bertz CT molecular complexity index is 637. The van der Waals surface area contributed by atoms with Gasteiger partial charge in [0.05, 0.1) is 0 Å². The molecule has 3 rings (SSSR count). The lowest BCUT2D eigenvalue weighted by atomic mass is 9.97. The van der Waals surface area contributed by atoms with E-state index in [0.717, 1.165) is 17.1 Å². The number of rotatable bonds is 2. The van der Waals surface area contributed by atoms with Gasteiger partial charge in [0.1, 0.15) is 12.7 Å². The van der Waals surface area contributed by atoms with Gasteiger partial charge in [-0.15, -0.1) is 0 Å². The zero-order chi connectivity index (χ0) is 14.1. The quantitative estimate of drug-likeness (QED) is 0.911. The summed E-state index contributed by atoms with van der Waals surface area (Å²) in [6.45, 7) is 5.18. The second kappa shape index (κ2) is 5.17. The third-order valence-electron chi connectivity index (χ3n) is 3.63. The van der Waals surface area contributed by atoms with Gasteiger partial charge >= 0.3 is 0 Å². The minimum atomic E-state index is -0.0752. The lowest BCUT2D eigenvalue weighted by molar-refractivity contribution is 0.0976. The number of para-hydroxylation sites is 1. The Morgan fingerprint density at radius 3 is 2.80 bits per heavy atom. The van der Waals surface area contributed by atoms with Crippen LogP contribution in [0.5, 0.6) is 11.5 Å². The van der Waals surface area contributed by atoms with Crippen LogP contribution in [0.4, 0.5) is 0 Å². The Labute approximate surface area is 119 Å². The molecule has 0 aliphatic carbocycles. The fourth-order valence-corrected chi connectivity index (χ4v) is 2.49. The van der Waals surface area contributed by atoms with Crippen LogP contribution in [0.15, 0.2) is 36.4 Å². The van der Waals surface area contributed by atoms with Crippen molar-refractivity contribution in [2.75, 3.05) is 13.2 Å². The van der Waals surface area contributed by atoms with E-state index in [9.17, 15) is 0 Å². The predicted octanol–water partition coefficient (Wildman–Crippen LogP) is 3.07. The molecule has 0 saturated carbocycles. The first kappa shape index (κ1) is 13.0. The minimum Gasteiger partial charge on any atom is -0.486 e. The van der Waals surface area contributed by atoms with E-state index < -0.39 is 0 Å². The first-order chi connectivity index (χ1) is 9.69. The van der Waals surface area contributed by atoms with Crippen molar-refractivity contribution < 1.29 is 9.47 Å². The first-order valence-corrected chi connectivity index (χ1v) is 6.89. The summed E-state index contributed by atoms with van der Waals surface area (Å²) in [5.41, 5.74) is 10.4. The second-order valence-electron chi connectivity index (χ2n) is 5.24. The van der Waals surface area contributed by atoms with Gasteiger partial charge in [-0.05, 0) is 31.0 Å². The zero-order valence-corrected chi connectivity index (χ0v) is 11.8. The molecule has 0 bridgehead atoms. The smallest absolute Gasteiger partial charge is 0.169 e. The molecule has 2 aromatic carbocycles. The van der Waals surface area contributed by atoms with Gasteiger partial charge in [0, 0.05) is 12.1 Å². The topological polar surface area (TPSA) is 44.5 Å². The molecule has 0 spiro atoms. The van der Waals surface area contributed by atoms with Crippen molar-refractivity contribution in [2.45, 2.75) is 20.0 Å². The summed E-state index contributed by atoms with van der Waals surface area (Å²) in [7, 11) is 0. The molecule has 1 atom stereocenters. The molecule has 20 heavy (non-hydrogen) atoms. The number of ether oxygens (including phenoxy) is 2. The molecule has 2 aromatic rings. The van der Waals surface area contributed by atoms with Gasteiger partial charge in [0.15, 0.2) is 11.5 Å². The molecule has 1 aliphatic heterocycles. The largest absolute Gasteiger partial charge is 0.486 e. The first-order valence-electron chi connectivity index (χ1n) is 6.89. The van der Waals surface area contributed by atoms with Crippen molar-refractivity contribution in [2.24, 2.45) is 5.73 Å². The molecule has 1 aliphatic rings. The Balaban J connectivity index is 2.13. The van der Waals surface area contributed by atoms with Crippen molar-refractivity contribution in [1.82, 2.24) is 0 Å². The molecule has 1 heterocycles. The van der Waals surface area contributed by atoms with Crippen LogP contribution in [0, 0.1) is 13.8 Å². The van der Waals surface area contributed by atoms with Gasteiger partial charge in [0.25, 0.3) is 0 Å². The highest BCUT2D eigenvalue weighted by atomic mass is 16.6. The van der Waals surface area contributed by atoms with Crippen LogP contribution in [0.3, 0.4) is 0 Å². The lowest BCUT2D eigenvalue weighted by Crippen LogP contribution is -2.35. The zero-order valence-electron chi connectivity index (χ0n) is 11.8. The second-order valence-corrected chi connectivity index (χ2v) is 5.24. The van der Waals surface area contributed by atoms with Crippen LogP contribution in [0.2, 0.25) is 0 Å². The molecule has 0 aromatic heterocycles. The average molecular weight is 269 g/mol. The van der Waals surface area contributed by atoms with Crippen molar-refractivity contribution in [3.63, 3.8) is 0 Å². The standard InChI is InChI=1S/C17H19NO2/c1-11-6-7-12(2)15(8-11)14-4-3-5-16-17(14)20-13(9-18)10-19-16/h3-8,13H,9-10,18H2,1-2H3/t13-/m0/s1. The number of nitrogens with two attached hydrogens (primary N) is 1. The number of fused-ring (bicyclic) bond motifs is 1. The fraction of sp³-hybridized carbons (Fsp3) is 0.294. The maximum Gasteiger partial charge on any atom is 0.169 e. The summed E-state index contributed by atoms with van der Waals surface area (Å²) in [5.74, 6) is 1.61. The molecule has 2 N–H and O–H groups in total. The van der Waals surface area contributed by atoms with Crippen LogP contribution >= 0.6 is 0 Å². The summed E-state index contributed by atoms with van der Waals surface area (Å²) in [6.07, 6.45) is -0.0752. The molecule has 0 saturated heterocycles. The maximum absolute atomic E-state index is 6.01. The average Bonchev–Trinajstić information content (AvgIpc) is 2.48. The molecular weight excluding hydrogens is 250 g/mol. The van der Waals surface area contributed by atoms with Gasteiger partial charge in [-0.3, -0.25) is 0 Å². The van der Waals surface area contributed by atoms with E-state index >= 15 is 0 Å². The maximum atomic E-state index is 6.01. The van der Waals surface area contributed by atoms with Crippen LogP contribution < -0.4 is 15.2 Å². The summed E-state index contributed by atoms with van der Waals surface area (Å²) in [5, 5.41) is 0. The van der Waals surface area contributed by atoms with Crippen molar-refractivity contribution in [1.29, 1.82) is 0 Å². The number of aryl methyl sites for hydroxylation is 2. The molecule has 0 fully saturated rings. The number of hydrogen-bond donors (Lipinski definition) is 1. The van der Waals surface area contributed by atoms with Crippen LogP contribution in [-0.4, -0.2) is 19.3 Å². The fourth-order valence-electron chi connectivity index (χ4n) is 2.49. The van der Waals surface area contributed by atoms with Crippen molar-refractivity contribution in [3.8, 4) is 22.6 Å².